The van der Waals surface area contributed by atoms with Crippen molar-refractivity contribution in [3.63, 3.8) is 0 Å². The van der Waals surface area contributed by atoms with E-state index in [2.05, 4.69) is 95.3 Å². The first-order valence-electron chi connectivity index (χ1n) is 14.5. The molecule has 1 fully saturated rings. The van der Waals surface area contributed by atoms with Gasteiger partial charge in [0, 0.05) is 12.6 Å². The first-order valence-corrected chi connectivity index (χ1v) is 16.4. The number of nitrogens with zero attached hydrogens (tertiary/aromatic N) is 1. The van der Waals surface area contributed by atoms with E-state index in [1.54, 1.807) is 0 Å². The molecule has 1 heterocycles. The van der Waals surface area contributed by atoms with Crippen LogP contribution in [0.3, 0.4) is 0 Å². The Morgan fingerprint density at radius 2 is 1.53 bits per heavy atom. The van der Waals surface area contributed by atoms with E-state index in [0.29, 0.717) is 24.9 Å². The zero-order valence-corrected chi connectivity index (χ0v) is 25.4. The summed E-state index contributed by atoms with van der Waals surface area (Å²) in [5.74, 6) is 0.731. The second kappa shape index (κ2) is 13.8. The molecular formula is C32H49NO4Si. The van der Waals surface area contributed by atoms with Gasteiger partial charge < -0.3 is 14.3 Å². The van der Waals surface area contributed by atoms with E-state index in [1.165, 1.54) is 17.5 Å². The van der Waals surface area contributed by atoms with Crippen LogP contribution in [0.25, 0.3) is 0 Å². The predicted octanol–water partition coefficient (Wildman–Crippen LogP) is 5.99. The van der Waals surface area contributed by atoms with Crippen LogP contribution in [0.2, 0.25) is 5.04 Å². The lowest BCUT2D eigenvalue weighted by Crippen LogP contribution is -2.68. The van der Waals surface area contributed by atoms with Crippen molar-refractivity contribution in [2.45, 2.75) is 90.3 Å². The molecule has 38 heavy (non-hydrogen) atoms. The summed E-state index contributed by atoms with van der Waals surface area (Å²) < 4.78 is 12.8. The lowest BCUT2D eigenvalue weighted by molar-refractivity contribution is -0.0249. The lowest BCUT2D eigenvalue weighted by Gasteiger charge is -2.51. The molecule has 0 radical (unpaired) electrons. The van der Waals surface area contributed by atoms with Gasteiger partial charge in [0.1, 0.15) is 0 Å². The summed E-state index contributed by atoms with van der Waals surface area (Å²) in [6, 6.07) is 21.4. The molecule has 0 bridgehead atoms. The van der Waals surface area contributed by atoms with Crippen LogP contribution in [0.5, 0.6) is 0 Å². The molecule has 0 saturated carbocycles. The van der Waals surface area contributed by atoms with E-state index in [4.69, 9.17) is 9.16 Å². The Hall–Kier alpha value is -2.15. The normalized spacial score (nSPS) is 22.3. The van der Waals surface area contributed by atoms with Crippen LogP contribution in [0.1, 0.15) is 73.1 Å². The van der Waals surface area contributed by atoms with Gasteiger partial charge in [-0.05, 0) is 52.9 Å². The summed E-state index contributed by atoms with van der Waals surface area (Å²) in [4.78, 5) is 15.4. The summed E-state index contributed by atoms with van der Waals surface area (Å²) in [5, 5.41) is 12.0. The minimum Gasteiger partial charge on any atom is -0.453 e. The number of likely N-dealkylation sites (tertiary alicyclic amines) is 1. The van der Waals surface area contributed by atoms with Gasteiger partial charge in [0.25, 0.3) is 8.32 Å². The predicted molar refractivity (Wildman–Crippen MR) is 159 cm³/mol. The van der Waals surface area contributed by atoms with E-state index in [9.17, 15) is 9.90 Å². The number of methoxy groups -OCH3 is 1. The van der Waals surface area contributed by atoms with Crippen molar-refractivity contribution < 1.29 is 19.1 Å². The summed E-state index contributed by atoms with van der Waals surface area (Å²) in [6.07, 6.45) is 5.37. The second-order valence-electron chi connectivity index (χ2n) is 11.8. The maximum Gasteiger partial charge on any atom is 0.410 e. The Morgan fingerprint density at radius 3 is 1.97 bits per heavy atom. The Bertz CT molecular complexity index is 938. The summed E-state index contributed by atoms with van der Waals surface area (Å²) in [6.45, 7) is 11.9. The van der Waals surface area contributed by atoms with Crippen molar-refractivity contribution in [1.82, 2.24) is 4.90 Å². The highest BCUT2D eigenvalue weighted by Gasteiger charge is 2.52. The SMILES string of the molecule is CCC[C@@H]1C[C@@H](CC)[C@H](CCCO)N(C(=O)OC)[C@@H]1CO[Si](c1ccccc1)(c1ccccc1)C(C)(C)C. The summed E-state index contributed by atoms with van der Waals surface area (Å²) >= 11 is 0. The largest absolute Gasteiger partial charge is 0.453 e. The zero-order chi connectivity index (χ0) is 27.8. The van der Waals surface area contributed by atoms with Gasteiger partial charge in [0.05, 0.1) is 19.8 Å². The number of carbonyl (C=O) groups excluding carboxylic acids is 1. The van der Waals surface area contributed by atoms with Gasteiger partial charge in [0.15, 0.2) is 0 Å². The number of ether oxygens (including phenoxy) is 1. The van der Waals surface area contributed by atoms with Gasteiger partial charge in [-0.3, -0.25) is 4.90 Å². The van der Waals surface area contributed by atoms with Crippen molar-refractivity contribution >= 4 is 24.8 Å². The van der Waals surface area contributed by atoms with E-state index in [0.717, 1.165) is 32.1 Å². The zero-order valence-electron chi connectivity index (χ0n) is 24.4. The van der Waals surface area contributed by atoms with Crippen LogP contribution >= 0.6 is 0 Å². The molecule has 1 aliphatic rings. The van der Waals surface area contributed by atoms with E-state index in [1.807, 2.05) is 4.90 Å². The van der Waals surface area contributed by atoms with Crippen molar-refractivity contribution in [2.75, 3.05) is 20.3 Å². The quantitative estimate of drug-likeness (QED) is 0.357. The van der Waals surface area contributed by atoms with Crippen LogP contribution < -0.4 is 10.4 Å². The lowest BCUT2D eigenvalue weighted by atomic mass is 9.74. The van der Waals surface area contributed by atoms with Gasteiger partial charge in [-0.1, -0.05) is 108 Å². The molecule has 1 amide bonds. The third-order valence-electron chi connectivity index (χ3n) is 8.52. The van der Waals surface area contributed by atoms with Gasteiger partial charge in [-0.25, -0.2) is 4.79 Å². The fourth-order valence-corrected chi connectivity index (χ4v) is 11.3. The molecule has 2 aromatic carbocycles. The van der Waals surface area contributed by atoms with Gasteiger partial charge in [-0.15, -0.1) is 0 Å². The number of benzene rings is 2. The average molecular weight is 540 g/mol. The van der Waals surface area contributed by atoms with Crippen LogP contribution in [0.15, 0.2) is 60.7 Å². The van der Waals surface area contributed by atoms with Gasteiger partial charge in [0.2, 0.25) is 0 Å². The Kier molecular flexibility index (Phi) is 11.0. The molecule has 4 atom stereocenters. The average Bonchev–Trinajstić information content (AvgIpc) is 2.92. The number of piperidine rings is 1. The number of hydrogen-bond donors (Lipinski definition) is 1. The maximum absolute atomic E-state index is 13.4. The van der Waals surface area contributed by atoms with Crippen LogP contribution in [-0.4, -0.2) is 56.8 Å². The molecule has 1 saturated heterocycles. The molecule has 1 aliphatic heterocycles. The standard InChI is InChI=1S/C32H49NO4Si/c1-7-16-26-23-25(8-2)29(21-15-22-34)33(31(35)36-6)30(26)24-37-38(32(3,4)5,27-17-11-9-12-18-27)28-19-13-10-14-20-28/h9-14,17-20,25-26,29-30,34H,7-8,15-16,21-24H2,1-6H3/t25-,26-,29+,30-/m1/s1. The fraction of sp³-hybridized carbons (Fsp3) is 0.594. The monoisotopic (exact) mass is 539 g/mol. The molecular weight excluding hydrogens is 490 g/mol. The molecule has 6 heteroatoms. The summed E-state index contributed by atoms with van der Waals surface area (Å²) in [5.41, 5.74) is 0. The molecule has 3 rings (SSSR count). The highest BCUT2D eigenvalue weighted by molar-refractivity contribution is 6.99. The van der Waals surface area contributed by atoms with Crippen LogP contribution in [0.4, 0.5) is 4.79 Å². The minimum absolute atomic E-state index is 0.0421. The Morgan fingerprint density at radius 1 is 0.947 bits per heavy atom. The Labute approximate surface area is 231 Å². The number of aliphatic hydroxyl groups excluding tert-OH is 1. The fourth-order valence-electron chi connectivity index (χ4n) is 6.76. The molecule has 210 valence electrons. The topological polar surface area (TPSA) is 59.0 Å². The van der Waals surface area contributed by atoms with Gasteiger partial charge >= 0.3 is 6.09 Å². The molecule has 0 unspecified atom stereocenters. The van der Waals surface area contributed by atoms with Crippen LogP contribution in [0, 0.1) is 11.8 Å². The number of carbonyl (C=O) groups is 1. The molecule has 5 nitrogen and oxygen atoms in total. The van der Waals surface area contributed by atoms with E-state index >= 15 is 0 Å². The molecule has 0 spiro atoms. The number of rotatable bonds is 11. The molecule has 1 N–H and O–H groups in total. The number of hydrogen-bond acceptors (Lipinski definition) is 4. The smallest absolute Gasteiger partial charge is 0.410 e. The van der Waals surface area contributed by atoms with Crippen molar-refractivity contribution in [3.8, 4) is 0 Å². The van der Waals surface area contributed by atoms with Crippen molar-refractivity contribution in [2.24, 2.45) is 11.8 Å². The number of amides is 1. The van der Waals surface area contributed by atoms with E-state index < -0.39 is 8.32 Å². The van der Waals surface area contributed by atoms with Crippen LogP contribution in [-0.2, 0) is 9.16 Å². The van der Waals surface area contributed by atoms with Crippen molar-refractivity contribution in [1.29, 1.82) is 0 Å². The van der Waals surface area contributed by atoms with E-state index in [-0.39, 0.29) is 29.8 Å². The first-order chi connectivity index (χ1) is 18.2. The third-order valence-corrected chi connectivity index (χ3v) is 13.5. The van der Waals surface area contributed by atoms with Crippen molar-refractivity contribution in [3.05, 3.63) is 60.7 Å². The summed E-state index contributed by atoms with van der Waals surface area (Å²) in [7, 11) is -1.27. The minimum atomic E-state index is -2.75. The van der Waals surface area contributed by atoms with Gasteiger partial charge in [-0.2, -0.15) is 0 Å². The first kappa shape index (κ1) is 30.4. The Balaban J connectivity index is 2.11. The highest BCUT2D eigenvalue weighted by atomic mass is 28.4. The number of aliphatic hydroxyl groups is 1. The molecule has 0 aliphatic carbocycles. The second-order valence-corrected chi connectivity index (χ2v) is 16.1. The molecule has 2 aromatic rings. The third kappa shape index (κ3) is 6.35. The highest BCUT2D eigenvalue weighted by Crippen LogP contribution is 2.41. The maximum atomic E-state index is 13.4. The molecule has 0 aromatic heterocycles.